The van der Waals surface area contributed by atoms with Crippen LogP contribution in [0.5, 0.6) is 23.0 Å². The van der Waals surface area contributed by atoms with Gasteiger partial charge in [-0.15, -0.1) is 0 Å². The minimum atomic E-state index is -0.152. The summed E-state index contributed by atoms with van der Waals surface area (Å²) in [6.07, 6.45) is 0. The summed E-state index contributed by atoms with van der Waals surface area (Å²) in [6.45, 7) is 2.19. The lowest BCUT2D eigenvalue weighted by molar-refractivity contribution is 0.0935. The molecule has 0 fully saturated rings. The molecule has 1 aromatic heterocycles. The second kappa shape index (κ2) is 7.48. The smallest absolute Gasteiger partial charge is 0.268 e. The van der Waals surface area contributed by atoms with Crippen LogP contribution in [-0.4, -0.2) is 17.7 Å². The van der Waals surface area contributed by atoms with Gasteiger partial charge in [0.15, 0.2) is 11.5 Å². The highest BCUT2D eigenvalue weighted by Gasteiger charge is 2.16. The predicted octanol–water partition coefficient (Wildman–Crippen LogP) is 5.18. The fourth-order valence-corrected chi connectivity index (χ4v) is 3.47. The molecule has 1 aliphatic rings. The second-order valence-electron chi connectivity index (χ2n) is 7.16. The average Bonchev–Trinajstić information content (AvgIpc) is 3.40. The van der Waals surface area contributed by atoms with Crippen molar-refractivity contribution in [1.82, 2.24) is 10.3 Å². The molecule has 0 radical (unpaired) electrons. The van der Waals surface area contributed by atoms with Crippen LogP contribution >= 0.6 is 0 Å². The number of hydrogen-bond donors (Lipinski definition) is 2. The second-order valence-corrected chi connectivity index (χ2v) is 7.16. The van der Waals surface area contributed by atoms with Crippen molar-refractivity contribution in [2.24, 2.45) is 0 Å². The van der Waals surface area contributed by atoms with Gasteiger partial charge in [-0.25, -0.2) is 0 Å². The van der Waals surface area contributed by atoms with Gasteiger partial charge in [0.2, 0.25) is 6.79 Å². The molecular weight excluding hydrogens is 380 g/mol. The molecule has 4 aromatic rings. The fourth-order valence-electron chi connectivity index (χ4n) is 3.47. The Labute approximate surface area is 173 Å². The van der Waals surface area contributed by atoms with E-state index in [9.17, 15) is 4.79 Å². The van der Waals surface area contributed by atoms with Crippen molar-refractivity contribution in [2.45, 2.75) is 13.0 Å². The van der Waals surface area contributed by atoms with E-state index in [0.717, 1.165) is 16.5 Å². The molecule has 0 bridgehead atoms. The highest BCUT2D eigenvalue weighted by atomic mass is 16.7. The summed E-state index contributed by atoms with van der Waals surface area (Å²) < 4.78 is 16.7. The van der Waals surface area contributed by atoms with Crippen molar-refractivity contribution < 1.29 is 19.0 Å². The number of hydrogen-bond acceptors (Lipinski definition) is 4. The van der Waals surface area contributed by atoms with Crippen LogP contribution in [0.1, 0.15) is 29.0 Å². The summed E-state index contributed by atoms with van der Waals surface area (Å²) in [6, 6.07) is 22.7. The quantitative estimate of drug-likeness (QED) is 0.484. The Morgan fingerprint density at radius 3 is 2.60 bits per heavy atom. The number of fused-ring (bicyclic) bond motifs is 2. The molecule has 30 heavy (non-hydrogen) atoms. The van der Waals surface area contributed by atoms with Gasteiger partial charge in [0.25, 0.3) is 5.91 Å². The number of carbonyl (C=O) groups excluding carboxylic acids is 1. The molecule has 2 heterocycles. The zero-order chi connectivity index (χ0) is 20.5. The van der Waals surface area contributed by atoms with Crippen molar-refractivity contribution in [1.29, 1.82) is 0 Å². The molecule has 1 aliphatic heterocycles. The Kier molecular flexibility index (Phi) is 4.52. The molecule has 3 aromatic carbocycles. The maximum absolute atomic E-state index is 12.7. The van der Waals surface area contributed by atoms with E-state index in [1.807, 2.05) is 73.7 Å². The van der Waals surface area contributed by atoms with E-state index in [2.05, 4.69) is 10.3 Å². The van der Waals surface area contributed by atoms with E-state index in [-0.39, 0.29) is 18.7 Å². The summed E-state index contributed by atoms with van der Waals surface area (Å²) >= 11 is 0. The zero-order valence-electron chi connectivity index (χ0n) is 16.3. The molecule has 1 atom stereocenters. The highest BCUT2D eigenvalue weighted by molar-refractivity contribution is 5.98. The summed E-state index contributed by atoms with van der Waals surface area (Å²) in [4.78, 5) is 15.9. The maximum Gasteiger partial charge on any atom is 0.268 e. The first-order valence-electron chi connectivity index (χ1n) is 9.72. The third-order valence-electron chi connectivity index (χ3n) is 5.06. The van der Waals surface area contributed by atoms with E-state index in [4.69, 9.17) is 14.2 Å². The van der Waals surface area contributed by atoms with Crippen LogP contribution in [0, 0.1) is 0 Å². The number of ether oxygens (including phenoxy) is 3. The zero-order valence-corrected chi connectivity index (χ0v) is 16.3. The molecule has 0 aliphatic carbocycles. The van der Waals surface area contributed by atoms with E-state index in [1.54, 1.807) is 6.07 Å². The van der Waals surface area contributed by atoms with Gasteiger partial charge >= 0.3 is 0 Å². The molecule has 0 saturated heterocycles. The number of benzene rings is 3. The van der Waals surface area contributed by atoms with Crippen molar-refractivity contribution in [3.8, 4) is 23.0 Å². The number of aromatic nitrogens is 1. The Bertz CT molecular complexity index is 1220. The lowest BCUT2D eigenvalue weighted by Crippen LogP contribution is -2.26. The third kappa shape index (κ3) is 3.55. The largest absolute Gasteiger partial charge is 0.457 e. The van der Waals surface area contributed by atoms with Crippen LogP contribution in [0.4, 0.5) is 0 Å². The molecule has 1 unspecified atom stereocenters. The molecule has 2 N–H and O–H groups in total. The summed E-state index contributed by atoms with van der Waals surface area (Å²) in [7, 11) is 0. The van der Waals surface area contributed by atoms with Gasteiger partial charge in [0.05, 0.1) is 6.04 Å². The molecule has 6 nitrogen and oxygen atoms in total. The van der Waals surface area contributed by atoms with Crippen LogP contribution in [-0.2, 0) is 0 Å². The van der Waals surface area contributed by atoms with Gasteiger partial charge in [0.1, 0.15) is 17.2 Å². The number of H-pyrrole nitrogens is 1. The van der Waals surface area contributed by atoms with Crippen LogP contribution in [0.2, 0.25) is 0 Å². The van der Waals surface area contributed by atoms with Crippen LogP contribution in [0.25, 0.3) is 10.9 Å². The molecule has 6 heteroatoms. The summed E-state index contributed by atoms with van der Waals surface area (Å²) in [5.74, 6) is 2.56. The van der Waals surface area contributed by atoms with Gasteiger partial charge < -0.3 is 24.5 Å². The molecule has 150 valence electrons. The maximum atomic E-state index is 12.7. The minimum Gasteiger partial charge on any atom is -0.457 e. The number of aromatic amines is 1. The first-order chi connectivity index (χ1) is 14.7. The fraction of sp³-hybridized carbons (Fsp3) is 0.125. The van der Waals surface area contributed by atoms with Crippen molar-refractivity contribution in [3.05, 3.63) is 84.1 Å². The lowest BCUT2D eigenvalue weighted by atomic mass is 10.1. The average molecular weight is 400 g/mol. The third-order valence-corrected chi connectivity index (χ3v) is 5.06. The SMILES string of the molecule is CC(NC(=O)c1cc2cc(Oc3ccc4c(c3)OCO4)ccc2[nH]1)c1ccccc1. The van der Waals surface area contributed by atoms with Gasteiger partial charge in [-0.1, -0.05) is 30.3 Å². The Hall–Kier alpha value is -3.93. The molecule has 0 spiro atoms. The van der Waals surface area contributed by atoms with Gasteiger partial charge in [-0.3, -0.25) is 4.79 Å². The van der Waals surface area contributed by atoms with Crippen LogP contribution in [0.15, 0.2) is 72.8 Å². The minimum absolute atomic E-state index is 0.0879. The van der Waals surface area contributed by atoms with Crippen LogP contribution < -0.4 is 19.5 Å². The first kappa shape index (κ1) is 18.1. The lowest BCUT2D eigenvalue weighted by Gasteiger charge is -2.13. The van der Waals surface area contributed by atoms with E-state index >= 15 is 0 Å². The molecule has 0 saturated carbocycles. The normalized spacial score (nSPS) is 13.2. The molecular formula is C24H20N2O4. The number of rotatable bonds is 5. The van der Waals surface area contributed by atoms with E-state index in [1.165, 1.54) is 0 Å². The monoisotopic (exact) mass is 400 g/mol. The van der Waals surface area contributed by atoms with Gasteiger partial charge in [-0.05, 0) is 48.9 Å². The number of nitrogens with one attached hydrogen (secondary N) is 2. The number of amides is 1. The van der Waals surface area contributed by atoms with E-state index < -0.39 is 0 Å². The van der Waals surface area contributed by atoms with Crippen molar-refractivity contribution >= 4 is 16.8 Å². The first-order valence-corrected chi connectivity index (χ1v) is 9.72. The standard InChI is InChI=1S/C24H20N2O4/c1-15(16-5-3-2-4-6-16)25-24(27)21-12-17-11-18(7-9-20(17)26-21)30-19-8-10-22-23(13-19)29-14-28-22/h2-13,15,26H,14H2,1H3,(H,25,27). The highest BCUT2D eigenvalue weighted by Crippen LogP contribution is 2.37. The van der Waals surface area contributed by atoms with Crippen molar-refractivity contribution in [2.75, 3.05) is 6.79 Å². The van der Waals surface area contributed by atoms with Crippen molar-refractivity contribution in [3.63, 3.8) is 0 Å². The Morgan fingerprint density at radius 2 is 1.73 bits per heavy atom. The van der Waals surface area contributed by atoms with E-state index in [0.29, 0.717) is 28.7 Å². The topological polar surface area (TPSA) is 72.6 Å². The number of carbonyl (C=O) groups is 1. The molecule has 1 amide bonds. The molecule has 5 rings (SSSR count). The summed E-state index contributed by atoms with van der Waals surface area (Å²) in [5, 5.41) is 3.92. The summed E-state index contributed by atoms with van der Waals surface area (Å²) in [5.41, 5.74) is 2.43. The Morgan fingerprint density at radius 1 is 0.967 bits per heavy atom. The van der Waals surface area contributed by atoms with Gasteiger partial charge in [-0.2, -0.15) is 0 Å². The Balaban J connectivity index is 1.33. The predicted molar refractivity (Wildman–Crippen MR) is 113 cm³/mol. The van der Waals surface area contributed by atoms with Gasteiger partial charge in [0, 0.05) is 17.0 Å². The van der Waals surface area contributed by atoms with Crippen LogP contribution in [0.3, 0.4) is 0 Å².